The summed E-state index contributed by atoms with van der Waals surface area (Å²) >= 11 is 1.36. The lowest BCUT2D eigenvalue weighted by molar-refractivity contribution is -0.128. The predicted octanol–water partition coefficient (Wildman–Crippen LogP) is 3.89. The van der Waals surface area contributed by atoms with Gasteiger partial charge in [0.05, 0.1) is 18.6 Å². The van der Waals surface area contributed by atoms with Gasteiger partial charge in [0.15, 0.2) is 22.5 Å². The standard InChI is InChI=1S/C25H25N5O4S/c1-2-29(15-18-7-8-21-22(13-18)34-12-11-33-21)23(31)17-35-25-28-27-24(19-5-3-9-26-14-19)30(25)16-20-6-4-10-32-20/h3-10,13-14H,2,11-12,15-17H2,1H3. The van der Waals surface area contributed by atoms with Crippen LogP contribution in [-0.2, 0) is 17.9 Å². The van der Waals surface area contributed by atoms with Gasteiger partial charge in [-0.3, -0.25) is 14.3 Å². The number of ether oxygens (including phenoxy) is 2. The number of carbonyl (C=O) groups is 1. The van der Waals surface area contributed by atoms with Gasteiger partial charge in [-0.2, -0.15) is 0 Å². The van der Waals surface area contributed by atoms with Crippen molar-refractivity contribution < 1.29 is 18.7 Å². The molecule has 0 aliphatic carbocycles. The summed E-state index contributed by atoms with van der Waals surface area (Å²) in [6.07, 6.45) is 5.09. The van der Waals surface area contributed by atoms with Crippen molar-refractivity contribution in [1.29, 1.82) is 0 Å². The van der Waals surface area contributed by atoms with E-state index in [0.29, 0.717) is 43.8 Å². The Morgan fingerprint density at radius 1 is 1.11 bits per heavy atom. The lowest BCUT2D eigenvalue weighted by atomic mass is 10.2. The second-order valence-corrected chi connectivity index (χ2v) is 8.83. The molecule has 0 N–H and O–H groups in total. The van der Waals surface area contributed by atoms with Crippen LogP contribution in [0.15, 0.2) is 70.7 Å². The quantitative estimate of drug-likeness (QED) is 0.326. The topological polar surface area (TPSA) is 95.5 Å². The summed E-state index contributed by atoms with van der Waals surface area (Å²) in [7, 11) is 0. The molecule has 1 aromatic carbocycles. The largest absolute Gasteiger partial charge is 0.486 e. The number of amides is 1. The van der Waals surface area contributed by atoms with Crippen LogP contribution in [0.2, 0.25) is 0 Å². The summed E-state index contributed by atoms with van der Waals surface area (Å²) in [6.45, 7) is 4.59. The van der Waals surface area contributed by atoms with Crippen molar-refractivity contribution in [2.24, 2.45) is 0 Å². The van der Waals surface area contributed by atoms with E-state index in [1.54, 1.807) is 18.7 Å². The van der Waals surface area contributed by atoms with Gasteiger partial charge in [0.1, 0.15) is 19.0 Å². The van der Waals surface area contributed by atoms with E-state index in [1.807, 2.05) is 58.9 Å². The van der Waals surface area contributed by atoms with Crippen molar-refractivity contribution in [2.75, 3.05) is 25.5 Å². The van der Waals surface area contributed by atoms with E-state index >= 15 is 0 Å². The van der Waals surface area contributed by atoms with Crippen molar-refractivity contribution in [1.82, 2.24) is 24.6 Å². The predicted molar refractivity (Wildman–Crippen MR) is 130 cm³/mol. The average molecular weight is 492 g/mol. The highest BCUT2D eigenvalue weighted by Crippen LogP contribution is 2.31. The molecule has 35 heavy (non-hydrogen) atoms. The Hall–Kier alpha value is -3.79. The van der Waals surface area contributed by atoms with Crippen LogP contribution in [-0.4, -0.2) is 56.1 Å². The van der Waals surface area contributed by atoms with E-state index in [4.69, 9.17) is 13.9 Å². The number of hydrogen-bond acceptors (Lipinski definition) is 8. The first-order valence-corrected chi connectivity index (χ1v) is 12.3. The average Bonchev–Trinajstić information content (AvgIpc) is 3.56. The van der Waals surface area contributed by atoms with E-state index in [0.717, 1.165) is 28.4 Å². The molecular weight excluding hydrogens is 466 g/mol. The maximum atomic E-state index is 13.1. The first kappa shape index (κ1) is 23.0. The molecule has 0 spiro atoms. The van der Waals surface area contributed by atoms with Gasteiger partial charge in [0, 0.05) is 31.0 Å². The number of rotatable bonds is 9. The molecule has 180 valence electrons. The summed E-state index contributed by atoms with van der Waals surface area (Å²) in [5.74, 6) is 3.17. The minimum atomic E-state index is 0.0165. The number of carbonyl (C=O) groups excluding carboxylic acids is 1. The van der Waals surface area contributed by atoms with Gasteiger partial charge in [-0.1, -0.05) is 17.8 Å². The number of hydrogen-bond donors (Lipinski definition) is 0. The monoisotopic (exact) mass is 491 g/mol. The number of benzene rings is 1. The second-order valence-electron chi connectivity index (χ2n) is 7.89. The second kappa shape index (κ2) is 10.6. The summed E-state index contributed by atoms with van der Waals surface area (Å²) in [6, 6.07) is 13.3. The van der Waals surface area contributed by atoms with Crippen LogP contribution < -0.4 is 9.47 Å². The molecule has 0 saturated heterocycles. The minimum Gasteiger partial charge on any atom is -0.486 e. The molecule has 0 bridgehead atoms. The van der Waals surface area contributed by atoms with Gasteiger partial charge in [-0.05, 0) is 48.9 Å². The molecule has 1 amide bonds. The maximum absolute atomic E-state index is 13.1. The first-order valence-electron chi connectivity index (χ1n) is 11.4. The molecule has 1 aliphatic rings. The van der Waals surface area contributed by atoms with Crippen LogP contribution >= 0.6 is 11.8 Å². The van der Waals surface area contributed by atoms with Gasteiger partial charge in [-0.25, -0.2) is 0 Å². The molecule has 3 aromatic heterocycles. The molecule has 5 rings (SSSR count). The summed E-state index contributed by atoms with van der Waals surface area (Å²) in [4.78, 5) is 19.1. The maximum Gasteiger partial charge on any atom is 0.233 e. The number of thioether (sulfide) groups is 1. The molecule has 0 unspecified atom stereocenters. The molecule has 4 heterocycles. The fraction of sp³-hybridized carbons (Fsp3) is 0.280. The number of aromatic nitrogens is 4. The molecule has 0 fully saturated rings. The van der Waals surface area contributed by atoms with E-state index in [9.17, 15) is 4.79 Å². The SMILES string of the molecule is CCN(Cc1ccc2c(c1)OCCO2)C(=O)CSc1nnc(-c2cccnc2)n1Cc1ccco1. The fourth-order valence-electron chi connectivity index (χ4n) is 3.81. The molecule has 9 nitrogen and oxygen atoms in total. The van der Waals surface area contributed by atoms with Crippen molar-refractivity contribution in [3.8, 4) is 22.9 Å². The number of fused-ring (bicyclic) bond motifs is 1. The highest BCUT2D eigenvalue weighted by atomic mass is 32.2. The number of furan rings is 1. The Kier molecular flexibility index (Phi) is 6.99. The van der Waals surface area contributed by atoms with Gasteiger partial charge < -0.3 is 18.8 Å². The molecule has 4 aromatic rings. The number of nitrogens with zero attached hydrogens (tertiary/aromatic N) is 5. The Morgan fingerprint density at radius 2 is 2.00 bits per heavy atom. The molecule has 0 atom stereocenters. The van der Waals surface area contributed by atoms with E-state index in [1.165, 1.54) is 11.8 Å². The van der Waals surface area contributed by atoms with Gasteiger partial charge in [0.2, 0.25) is 5.91 Å². The lowest BCUT2D eigenvalue weighted by Crippen LogP contribution is -2.32. The summed E-state index contributed by atoms with van der Waals surface area (Å²) < 4.78 is 18.8. The van der Waals surface area contributed by atoms with Gasteiger partial charge >= 0.3 is 0 Å². The molecule has 0 radical (unpaired) electrons. The van der Waals surface area contributed by atoms with Crippen LogP contribution in [0.3, 0.4) is 0 Å². The zero-order valence-electron chi connectivity index (χ0n) is 19.3. The third-order valence-corrected chi connectivity index (χ3v) is 6.52. The van der Waals surface area contributed by atoms with Crippen LogP contribution in [0.25, 0.3) is 11.4 Å². The third-order valence-electron chi connectivity index (χ3n) is 5.57. The highest BCUT2D eigenvalue weighted by molar-refractivity contribution is 7.99. The zero-order valence-corrected chi connectivity index (χ0v) is 20.1. The number of pyridine rings is 1. The van der Waals surface area contributed by atoms with Crippen LogP contribution in [0.5, 0.6) is 11.5 Å². The highest BCUT2D eigenvalue weighted by Gasteiger charge is 2.20. The molecular formula is C25H25N5O4S. The Balaban J connectivity index is 1.30. The van der Waals surface area contributed by atoms with Crippen molar-refractivity contribution in [3.05, 3.63) is 72.4 Å². The van der Waals surface area contributed by atoms with Crippen molar-refractivity contribution in [3.63, 3.8) is 0 Å². The van der Waals surface area contributed by atoms with Crippen LogP contribution in [0, 0.1) is 0 Å². The van der Waals surface area contributed by atoms with Crippen molar-refractivity contribution in [2.45, 2.75) is 25.2 Å². The normalized spacial score (nSPS) is 12.5. The van der Waals surface area contributed by atoms with Gasteiger partial charge in [-0.15, -0.1) is 10.2 Å². The molecule has 0 saturated carbocycles. The van der Waals surface area contributed by atoms with E-state index in [-0.39, 0.29) is 11.7 Å². The summed E-state index contributed by atoms with van der Waals surface area (Å²) in [5, 5.41) is 9.39. The van der Waals surface area contributed by atoms with Crippen LogP contribution in [0.4, 0.5) is 0 Å². The van der Waals surface area contributed by atoms with Gasteiger partial charge in [0.25, 0.3) is 0 Å². The zero-order chi connectivity index (χ0) is 24.0. The lowest BCUT2D eigenvalue weighted by Gasteiger charge is -2.23. The third kappa shape index (κ3) is 5.32. The smallest absolute Gasteiger partial charge is 0.233 e. The molecule has 1 aliphatic heterocycles. The minimum absolute atomic E-state index is 0.0165. The Labute approximate surface area is 207 Å². The van der Waals surface area contributed by atoms with Crippen LogP contribution in [0.1, 0.15) is 18.2 Å². The van der Waals surface area contributed by atoms with E-state index in [2.05, 4.69) is 15.2 Å². The Bertz CT molecular complexity index is 1280. The van der Waals surface area contributed by atoms with Crippen molar-refractivity contribution >= 4 is 17.7 Å². The summed E-state index contributed by atoms with van der Waals surface area (Å²) in [5.41, 5.74) is 1.84. The fourth-order valence-corrected chi connectivity index (χ4v) is 4.65. The first-order chi connectivity index (χ1) is 17.2. The Morgan fingerprint density at radius 3 is 2.77 bits per heavy atom. The molecule has 10 heteroatoms. The van der Waals surface area contributed by atoms with E-state index < -0.39 is 0 Å².